The second kappa shape index (κ2) is 7.04. The minimum atomic E-state index is -0.380. The van der Waals surface area contributed by atoms with Crippen LogP contribution in [0.3, 0.4) is 0 Å². The Morgan fingerprint density at radius 2 is 1.92 bits per heavy atom. The van der Waals surface area contributed by atoms with E-state index in [1.807, 2.05) is 24.3 Å². The van der Waals surface area contributed by atoms with Gasteiger partial charge in [-0.1, -0.05) is 36.4 Å². The number of ether oxygens (including phenoxy) is 1. The van der Waals surface area contributed by atoms with Crippen molar-refractivity contribution in [2.24, 2.45) is 7.05 Å². The molecule has 1 heterocycles. The van der Waals surface area contributed by atoms with Crippen LogP contribution in [0.2, 0.25) is 0 Å². The van der Waals surface area contributed by atoms with Crippen molar-refractivity contribution in [1.82, 2.24) is 20.2 Å². The van der Waals surface area contributed by atoms with Crippen LogP contribution >= 0.6 is 0 Å². The molecule has 0 unspecified atom stereocenters. The van der Waals surface area contributed by atoms with Crippen molar-refractivity contribution in [3.63, 3.8) is 0 Å². The van der Waals surface area contributed by atoms with Gasteiger partial charge in [0.25, 0.3) is 0 Å². The van der Waals surface area contributed by atoms with Crippen LogP contribution in [0, 0.1) is 0 Å². The Kier molecular flexibility index (Phi) is 4.65. The van der Waals surface area contributed by atoms with Gasteiger partial charge in [-0.05, 0) is 41.3 Å². The van der Waals surface area contributed by atoms with Crippen molar-refractivity contribution in [3.05, 3.63) is 65.2 Å². The van der Waals surface area contributed by atoms with E-state index in [-0.39, 0.29) is 5.97 Å². The molecule has 0 N–H and O–H groups in total. The maximum atomic E-state index is 11.8. The van der Waals surface area contributed by atoms with Crippen molar-refractivity contribution in [1.29, 1.82) is 0 Å². The molecule has 0 fully saturated rings. The first kappa shape index (κ1) is 15.9. The molecule has 0 saturated heterocycles. The predicted molar refractivity (Wildman–Crippen MR) is 89.4 cm³/mol. The summed E-state index contributed by atoms with van der Waals surface area (Å²) in [6, 6.07) is 15.7. The summed E-state index contributed by atoms with van der Waals surface area (Å²) in [7, 11) is 3.08. The number of hydrogen-bond donors (Lipinski definition) is 0. The first-order valence-corrected chi connectivity index (χ1v) is 7.67. The molecule has 122 valence electrons. The summed E-state index contributed by atoms with van der Waals surface area (Å²) in [5, 5.41) is 12.2. The predicted octanol–water partition coefficient (Wildman–Crippen LogP) is 2.45. The second-order valence-electron chi connectivity index (χ2n) is 5.45. The molecule has 0 spiro atoms. The fourth-order valence-corrected chi connectivity index (χ4v) is 2.56. The highest BCUT2D eigenvalue weighted by atomic mass is 16.5. The average molecular weight is 322 g/mol. The van der Waals surface area contributed by atoms with Crippen LogP contribution in [0.1, 0.15) is 21.5 Å². The van der Waals surface area contributed by atoms with Crippen LogP contribution < -0.4 is 0 Å². The molecule has 0 aliphatic heterocycles. The van der Waals surface area contributed by atoms with E-state index in [9.17, 15) is 4.79 Å². The number of nitrogens with zero attached hydrogens (tertiary/aromatic N) is 4. The lowest BCUT2D eigenvalue weighted by molar-refractivity contribution is 0.0601. The number of carbonyl (C=O) groups excluding carboxylic acids is 1. The van der Waals surface area contributed by atoms with Crippen molar-refractivity contribution < 1.29 is 9.53 Å². The van der Waals surface area contributed by atoms with Crippen LogP contribution in [-0.4, -0.2) is 33.3 Å². The SMILES string of the molecule is COC(=O)c1ccc(CCc2ccccc2)c(-c2nnn(C)n2)c1. The molecule has 1 aromatic heterocycles. The van der Waals surface area contributed by atoms with E-state index in [1.54, 1.807) is 19.2 Å². The summed E-state index contributed by atoms with van der Waals surface area (Å²) in [5.41, 5.74) is 3.61. The van der Waals surface area contributed by atoms with Gasteiger partial charge in [-0.15, -0.1) is 10.2 Å². The largest absolute Gasteiger partial charge is 0.465 e. The fraction of sp³-hybridized carbons (Fsp3) is 0.222. The molecule has 6 heteroatoms. The fourth-order valence-electron chi connectivity index (χ4n) is 2.56. The second-order valence-corrected chi connectivity index (χ2v) is 5.45. The van der Waals surface area contributed by atoms with Crippen LogP contribution in [0.25, 0.3) is 11.4 Å². The van der Waals surface area contributed by atoms with Gasteiger partial charge in [0.1, 0.15) is 0 Å². The molecule has 0 bridgehead atoms. The summed E-state index contributed by atoms with van der Waals surface area (Å²) in [6.07, 6.45) is 1.71. The van der Waals surface area contributed by atoms with Crippen LogP contribution in [0.5, 0.6) is 0 Å². The molecule has 0 aliphatic carbocycles. The first-order chi connectivity index (χ1) is 11.7. The van der Waals surface area contributed by atoms with Crippen LogP contribution in [0.4, 0.5) is 0 Å². The molecule has 3 aromatic rings. The Labute approximate surface area is 140 Å². The van der Waals surface area contributed by atoms with Gasteiger partial charge in [-0.2, -0.15) is 4.80 Å². The van der Waals surface area contributed by atoms with Gasteiger partial charge in [-0.25, -0.2) is 4.79 Å². The normalized spacial score (nSPS) is 10.6. The third-order valence-electron chi connectivity index (χ3n) is 3.81. The van der Waals surface area contributed by atoms with Gasteiger partial charge in [0.15, 0.2) is 0 Å². The van der Waals surface area contributed by atoms with Crippen LogP contribution in [-0.2, 0) is 24.6 Å². The standard InChI is InChI=1S/C18H18N4O2/c1-22-20-17(19-21-22)16-12-15(18(23)24-2)11-10-14(16)9-8-13-6-4-3-5-7-13/h3-7,10-12H,8-9H2,1-2H3. The lowest BCUT2D eigenvalue weighted by Gasteiger charge is -2.09. The maximum absolute atomic E-state index is 11.8. The monoisotopic (exact) mass is 322 g/mol. The summed E-state index contributed by atoms with van der Waals surface area (Å²) in [6.45, 7) is 0. The zero-order valence-electron chi connectivity index (χ0n) is 13.6. The van der Waals surface area contributed by atoms with E-state index in [0.717, 1.165) is 24.0 Å². The molecule has 6 nitrogen and oxygen atoms in total. The highest BCUT2D eigenvalue weighted by Crippen LogP contribution is 2.23. The quantitative estimate of drug-likeness (QED) is 0.675. The molecule has 0 aliphatic rings. The minimum Gasteiger partial charge on any atom is -0.465 e. The Morgan fingerprint density at radius 1 is 1.12 bits per heavy atom. The number of hydrogen-bond acceptors (Lipinski definition) is 5. The number of esters is 1. The summed E-state index contributed by atoms with van der Waals surface area (Å²) in [4.78, 5) is 13.2. The van der Waals surface area contributed by atoms with Gasteiger partial charge < -0.3 is 4.74 Å². The number of methoxy groups -OCH3 is 1. The maximum Gasteiger partial charge on any atom is 0.337 e. The average Bonchev–Trinajstić information content (AvgIpc) is 3.06. The zero-order chi connectivity index (χ0) is 16.9. The van der Waals surface area contributed by atoms with Gasteiger partial charge in [0.05, 0.1) is 19.7 Å². The molecule has 0 atom stereocenters. The van der Waals surface area contributed by atoms with Gasteiger partial charge in [-0.3, -0.25) is 0 Å². The third-order valence-corrected chi connectivity index (χ3v) is 3.81. The minimum absolute atomic E-state index is 0.380. The summed E-state index contributed by atoms with van der Waals surface area (Å²) < 4.78 is 4.80. The molecular formula is C18H18N4O2. The van der Waals surface area contributed by atoms with E-state index in [1.165, 1.54) is 17.5 Å². The number of aromatic nitrogens is 4. The number of carbonyl (C=O) groups is 1. The van der Waals surface area contributed by atoms with Crippen molar-refractivity contribution >= 4 is 5.97 Å². The Morgan fingerprint density at radius 3 is 2.58 bits per heavy atom. The number of rotatable bonds is 5. The summed E-state index contributed by atoms with van der Waals surface area (Å²) >= 11 is 0. The molecule has 2 aromatic carbocycles. The smallest absolute Gasteiger partial charge is 0.337 e. The lowest BCUT2D eigenvalue weighted by atomic mass is 9.97. The topological polar surface area (TPSA) is 69.9 Å². The summed E-state index contributed by atoms with van der Waals surface area (Å²) in [5.74, 6) is 0.126. The van der Waals surface area contributed by atoms with E-state index < -0.39 is 0 Å². The van der Waals surface area contributed by atoms with Gasteiger partial charge in [0, 0.05) is 5.56 Å². The number of tetrazole rings is 1. The van der Waals surface area contributed by atoms with Crippen molar-refractivity contribution in [2.75, 3.05) is 7.11 Å². The highest BCUT2D eigenvalue weighted by molar-refractivity contribution is 5.91. The highest BCUT2D eigenvalue weighted by Gasteiger charge is 2.15. The lowest BCUT2D eigenvalue weighted by Crippen LogP contribution is -2.04. The number of benzene rings is 2. The third kappa shape index (κ3) is 3.48. The Bertz CT molecular complexity index is 843. The Balaban J connectivity index is 1.93. The van der Waals surface area contributed by atoms with E-state index in [4.69, 9.17) is 4.74 Å². The molecule has 0 amide bonds. The van der Waals surface area contributed by atoms with E-state index >= 15 is 0 Å². The molecule has 0 saturated carbocycles. The van der Waals surface area contributed by atoms with E-state index in [2.05, 4.69) is 27.5 Å². The van der Waals surface area contributed by atoms with Crippen LogP contribution in [0.15, 0.2) is 48.5 Å². The molecule has 3 rings (SSSR count). The van der Waals surface area contributed by atoms with Crippen molar-refractivity contribution in [2.45, 2.75) is 12.8 Å². The Hall–Kier alpha value is -3.02. The molecular weight excluding hydrogens is 304 g/mol. The van der Waals surface area contributed by atoms with Gasteiger partial charge >= 0.3 is 5.97 Å². The molecule has 24 heavy (non-hydrogen) atoms. The molecule has 0 radical (unpaired) electrons. The first-order valence-electron chi connectivity index (χ1n) is 7.67. The van der Waals surface area contributed by atoms with Crippen molar-refractivity contribution in [3.8, 4) is 11.4 Å². The number of aryl methyl sites for hydroxylation is 3. The zero-order valence-corrected chi connectivity index (χ0v) is 13.6. The van der Waals surface area contributed by atoms with E-state index in [0.29, 0.717) is 11.4 Å². The van der Waals surface area contributed by atoms with Gasteiger partial charge in [0.2, 0.25) is 5.82 Å².